The van der Waals surface area contributed by atoms with Crippen molar-refractivity contribution < 1.29 is 17.2 Å². The normalized spacial score (nSPS) is 27.8. The van der Waals surface area contributed by atoms with Gasteiger partial charge in [-0.1, -0.05) is 15.9 Å². The molecular formula is C15H20BrClN3O-. The highest BCUT2D eigenvalue weighted by Gasteiger charge is 2.38. The molecule has 2 heterocycles. The Morgan fingerprint density at radius 3 is 2.33 bits per heavy atom. The fourth-order valence-corrected chi connectivity index (χ4v) is 3.68. The van der Waals surface area contributed by atoms with Gasteiger partial charge in [0.05, 0.1) is 0 Å². The summed E-state index contributed by atoms with van der Waals surface area (Å²) in [5.41, 5.74) is 0.821. The van der Waals surface area contributed by atoms with Gasteiger partial charge in [-0.05, 0) is 57.0 Å². The predicted octanol–water partition coefficient (Wildman–Crippen LogP) is 0.200. The van der Waals surface area contributed by atoms with E-state index in [1.54, 1.807) is 0 Å². The quantitative estimate of drug-likeness (QED) is 0.778. The zero-order chi connectivity index (χ0) is 14.1. The minimum atomic E-state index is -0.0960. The molecule has 0 saturated carbocycles. The Labute approximate surface area is 140 Å². The number of piperidine rings is 1. The second-order valence-corrected chi connectivity index (χ2v) is 6.74. The van der Waals surface area contributed by atoms with E-state index in [2.05, 4.69) is 38.5 Å². The number of nitrogens with one attached hydrogen (secondary N) is 2. The molecule has 2 fully saturated rings. The van der Waals surface area contributed by atoms with Crippen LogP contribution in [-0.4, -0.2) is 36.1 Å². The summed E-state index contributed by atoms with van der Waals surface area (Å²) >= 11 is 3.38. The molecule has 2 unspecified atom stereocenters. The van der Waals surface area contributed by atoms with Crippen LogP contribution < -0.4 is 23.0 Å². The molecule has 0 aliphatic carbocycles. The number of rotatable bonds is 2. The van der Waals surface area contributed by atoms with Crippen molar-refractivity contribution in [3.8, 4) is 0 Å². The van der Waals surface area contributed by atoms with E-state index < -0.39 is 0 Å². The predicted molar refractivity (Wildman–Crippen MR) is 83.9 cm³/mol. The summed E-state index contributed by atoms with van der Waals surface area (Å²) in [4.78, 5) is 14.5. The zero-order valence-corrected chi connectivity index (χ0v) is 14.3. The lowest BCUT2D eigenvalue weighted by Crippen LogP contribution is -3.00. The second kappa shape index (κ2) is 6.99. The molecule has 2 aliphatic heterocycles. The Kier molecular flexibility index (Phi) is 5.52. The summed E-state index contributed by atoms with van der Waals surface area (Å²) in [6, 6.07) is 9.12. The molecule has 2 amide bonds. The largest absolute Gasteiger partial charge is 1.00 e. The number of amides is 2. The molecule has 116 valence electrons. The first kappa shape index (κ1) is 16.6. The molecule has 0 aromatic heterocycles. The number of halogens is 2. The molecule has 2 N–H and O–H groups in total. The van der Waals surface area contributed by atoms with Crippen LogP contribution in [0.1, 0.15) is 25.7 Å². The van der Waals surface area contributed by atoms with E-state index in [1.165, 1.54) is 12.8 Å². The van der Waals surface area contributed by atoms with Gasteiger partial charge in [0.25, 0.3) is 0 Å². The minimum Gasteiger partial charge on any atom is -1.00 e. The van der Waals surface area contributed by atoms with Crippen molar-refractivity contribution in [2.75, 3.05) is 12.4 Å². The Bertz CT molecular complexity index is 482. The molecule has 6 heteroatoms. The number of carbonyl (C=O) groups excluding carboxylic acids is 1. The Hall–Kier alpha value is -0.780. The number of urea groups is 1. The van der Waals surface area contributed by atoms with E-state index in [0.29, 0.717) is 18.1 Å². The minimum absolute atomic E-state index is 0. The lowest BCUT2D eigenvalue weighted by atomic mass is 9.98. The molecule has 4 nitrogen and oxygen atoms in total. The van der Waals surface area contributed by atoms with Gasteiger partial charge < -0.3 is 27.9 Å². The van der Waals surface area contributed by atoms with Crippen molar-refractivity contribution in [3.63, 3.8) is 0 Å². The maximum Gasteiger partial charge on any atom is 0.319 e. The van der Waals surface area contributed by atoms with Crippen molar-refractivity contribution in [1.29, 1.82) is 0 Å². The smallest absolute Gasteiger partial charge is 0.319 e. The SMILES string of the molecule is CN1C2CCC1CC(NC(=O)Nc1ccc(Br)cc1)C2.[Cl-]. The van der Waals surface area contributed by atoms with Crippen molar-refractivity contribution in [2.45, 2.75) is 43.8 Å². The number of carbonyl (C=O) groups is 1. The molecule has 2 bridgehead atoms. The molecule has 1 aromatic rings. The van der Waals surface area contributed by atoms with Gasteiger partial charge in [0.2, 0.25) is 0 Å². The molecule has 3 rings (SSSR count). The maximum absolute atomic E-state index is 12.0. The highest BCUT2D eigenvalue weighted by molar-refractivity contribution is 9.10. The van der Waals surface area contributed by atoms with E-state index in [1.807, 2.05) is 24.3 Å². The summed E-state index contributed by atoms with van der Waals surface area (Å²) in [5, 5.41) is 6.01. The van der Waals surface area contributed by atoms with Crippen LogP contribution in [0.4, 0.5) is 10.5 Å². The molecule has 2 saturated heterocycles. The van der Waals surface area contributed by atoms with Crippen molar-refractivity contribution in [2.24, 2.45) is 0 Å². The van der Waals surface area contributed by atoms with E-state index in [4.69, 9.17) is 0 Å². The number of nitrogens with zero attached hydrogens (tertiary/aromatic N) is 1. The van der Waals surface area contributed by atoms with E-state index in [0.717, 1.165) is 23.0 Å². The van der Waals surface area contributed by atoms with Crippen LogP contribution in [0.25, 0.3) is 0 Å². The maximum atomic E-state index is 12.0. The summed E-state index contributed by atoms with van der Waals surface area (Å²) in [6.45, 7) is 0. The lowest BCUT2D eigenvalue weighted by Gasteiger charge is -2.36. The number of fused-ring (bicyclic) bond motifs is 2. The van der Waals surface area contributed by atoms with E-state index in [9.17, 15) is 4.79 Å². The van der Waals surface area contributed by atoms with Crippen LogP contribution in [0.15, 0.2) is 28.7 Å². The van der Waals surface area contributed by atoms with Gasteiger partial charge in [-0.25, -0.2) is 4.79 Å². The first-order chi connectivity index (χ1) is 9.61. The topological polar surface area (TPSA) is 44.4 Å². The molecule has 0 spiro atoms. The van der Waals surface area contributed by atoms with Crippen molar-refractivity contribution in [3.05, 3.63) is 28.7 Å². The van der Waals surface area contributed by atoms with Crippen LogP contribution >= 0.6 is 15.9 Å². The van der Waals surface area contributed by atoms with Crippen molar-refractivity contribution in [1.82, 2.24) is 10.2 Å². The van der Waals surface area contributed by atoms with Crippen LogP contribution in [0, 0.1) is 0 Å². The lowest BCUT2D eigenvalue weighted by molar-refractivity contribution is -0.00000785. The first-order valence-corrected chi connectivity index (χ1v) is 7.96. The average molecular weight is 374 g/mol. The van der Waals surface area contributed by atoms with Gasteiger partial charge >= 0.3 is 6.03 Å². The van der Waals surface area contributed by atoms with Crippen molar-refractivity contribution >= 4 is 27.6 Å². The number of hydrogen-bond acceptors (Lipinski definition) is 2. The Balaban J connectivity index is 0.00000161. The summed E-state index contributed by atoms with van der Waals surface area (Å²) in [7, 11) is 2.21. The van der Waals surface area contributed by atoms with Crippen LogP contribution in [-0.2, 0) is 0 Å². The number of benzene rings is 1. The molecule has 21 heavy (non-hydrogen) atoms. The standard InChI is InChI=1S/C15H20BrN3O.ClH/c1-19-13-6-7-14(19)9-12(8-13)18-15(20)17-11-4-2-10(16)3-5-11;/h2-5,12-14H,6-9H2,1H3,(H2,17,18,20);1H/p-1. The molecular weight excluding hydrogens is 354 g/mol. The van der Waals surface area contributed by atoms with Gasteiger partial charge in [0, 0.05) is 28.3 Å². The van der Waals surface area contributed by atoms with Crippen LogP contribution in [0.3, 0.4) is 0 Å². The second-order valence-electron chi connectivity index (χ2n) is 5.82. The van der Waals surface area contributed by atoms with Gasteiger partial charge in [-0.15, -0.1) is 0 Å². The fraction of sp³-hybridized carbons (Fsp3) is 0.533. The third-order valence-electron chi connectivity index (χ3n) is 4.54. The summed E-state index contributed by atoms with van der Waals surface area (Å²) in [5.74, 6) is 0. The van der Waals surface area contributed by atoms with E-state index >= 15 is 0 Å². The highest BCUT2D eigenvalue weighted by Crippen LogP contribution is 2.34. The average Bonchev–Trinajstić information content (AvgIpc) is 2.64. The monoisotopic (exact) mass is 372 g/mol. The van der Waals surface area contributed by atoms with E-state index in [-0.39, 0.29) is 18.4 Å². The first-order valence-electron chi connectivity index (χ1n) is 7.17. The molecule has 0 radical (unpaired) electrons. The fourth-order valence-electron chi connectivity index (χ4n) is 3.42. The third-order valence-corrected chi connectivity index (χ3v) is 5.06. The van der Waals surface area contributed by atoms with Gasteiger partial charge in [-0.2, -0.15) is 0 Å². The number of hydrogen-bond donors (Lipinski definition) is 2. The summed E-state index contributed by atoms with van der Waals surface area (Å²) in [6.07, 6.45) is 4.68. The molecule has 1 aromatic carbocycles. The molecule has 2 atom stereocenters. The molecule has 2 aliphatic rings. The summed E-state index contributed by atoms with van der Waals surface area (Å²) < 4.78 is 1.01. The third kappa shape index (κ3) is 3.90. The Morgan fingerprint density at radius 2 is 1.76 bits per heavy atom. The zero-order valence-electron chi connectivity index (χ0n) is 12.0. The Morgan fingerprint density at radius 1 is 1.19 bits per heavy atom. The van der Waals surface area contributed by atoms with Gasteiger partial charge in [-0.3, -0.25) is 0 Å². The van der Waals surface area contributed by atoms with Gasteiger partial charge in [0.15, 0.2) is 0 Å². The van der Waals surface area contributed by atoms with Gasteiger partial charge in [0.1, 0.15) is 0 Å². The number of anilines is 1. The highest BCUT2D eigenvalue weighted by atomic mass is 79.9. The van der Waals surface area contributed by atoms with Crippen LogP contribution in [0.5, 0.6) is 0 Å². The van der Waals surface area contributed by atoms with Crippen LogP contribution in [0.2, 0.25) is 0 Å².